The summed E-state index contributed by atoms with van der Waals surface area (Å²) in [5.41, 5.74) is 0.791. The summed E-state index contributed by atoms with van der Waals surface area (Å²) in [6.07, 6.45) is -0.537. The Morgan fingerprint density at radius 2 is 2.13 bits per heavy atom. The van der Waals surface area contributed by atoms with E-state index >= 15 is 0 Å². The van der Waals surface area contributed by atoms with Gasteiger partial charge in [0.2, 0.25) is 11.8 Å². The zero-order valence-corrected chi connectivity index (χ0v) is 21.0. The van der Waals surface area contributed by atoms with Crippen LogP contribution in [0.2, 0.25) is 0 Å². The molecule has 15 heteroatoms. The van der Waals surface area contributed by atoms with E-state index in [0.29, 0.717) is 6.42 Å². The third-order valence-corrected chi connectivity index (χ3v) is 7.44. The minimum atomic E-state index is -4.42. The molecule has 4 atom stereocenters. The summed E-state index contributed by atoms with van der Waals surface area (Å²) in [6, 6.07) is 0.633. The summed E-state index contributed by atoms with van der Waals surface area (Å²) in [4.78, 5) is 33.9. The highest BCUT2D eigenvalue weighted by Crippen LogP contribution is 2.42. The number of hydrogen-bond donors (Lipinski definition) is 2. The highest BCUT2D eigenvalue weighted by atomic mass is 19.4. The van der Waals surface area contributed by atoms with Gasteiger partial charge in [0.25, 0.3) is 11.7 Å². The molecule has 1 saturated carbocycles. The number of carbonyl (C=O) groups excluding carboxylic acids is 2. The molecule has 1 aliphatic carbocycles. The fourth-order valence-corrected chi connectivity index (χ4v) is 5.40. The van der Waals surface area contributed by atoms with Crippen LogP contribution >= 0.6 is 0 Å². The van der Waals surface area contributed by atoms with Crippen molar-refractivity contribution in [3.8, 4) is 0 Å². The first kappa shape index (κ1) is 26.9. The minimum Gasteiger partial charge on any atom is -0.355 e. The molecule has 3 aromatic rings. The van der Waals surface area contributed by atoms with Crippen LogP contribution in [0.15, 0.2) is 24.7 Å². The van der Waals surface area contributed by atoms with Gasteiger partial charge in [0.1, 0.15) is 5.69 Å². The number of aryl methyl sites for hydroxylation is 1. The van der Waals surface area contributed by atoms with Gasteiger partial charge in [-0.3, -0.25) is 14.3 Å². The molecule has 0 bridgehead atoms. The first-order chi connectivity index (χ1) is 18.4. The van der Waals surface area contributed by atoms with Crippen LogP contribution in [0.3, 0.4) is 0 Å². The Bertz CT molecular complexity index is 1370. The molecule has 2 aliphatic rings. The van der Waals surface area contributed by atoms with Gasteiger partial charge in [0.15, 0.2) is 0 Å². The molecule has 4 heterocycles. The first-order valence-electron chi connectivity index (χ1n) is 12.6. The van der Waals surface area contributed by atoms with Crippen molar-refractivity contribution in [2.24, 2.45) is 24.8 Å². The number of piperidine rings is 1. The molecule has 0 aromatic carbocycles. The van der Waals surface area contributed by atoms with E-state index < -0.39 is 60.7 Å². The second-order valence-corrected chi connectivity index (χ2v) is 10.3. The molecule has 210 valence electrons. The number of nitrogens with zero attached hydrogens (tertiary/aromatic N) is 6. The van der Waals surface area contributed by atoms with E-state index in [2.05, 4.69) is 30.8 Å². The van der Waals surface area contributed by atoms with Crippen molar-refractivity contribution >= 4 is 17.6 Å². The molecule has 39 heavy (non-hydrogen) atoms. The van der Waals surface area contributed by atoms with Gasteiger partial charge in [0.05, 0.1) is 35.7 Å². The molecular formula is C24H27F5N8O2. The second kappa shape index (κ2) is 10.2. The number of alkyl halides is 5. The molecule has 3 aromatic heterocycles. The normalized spacial score (nSPS) is 24.4. The number of carbonyl (C=O) groups is 2. The van der Waals surface area contributed by atoms with E-state index in [0.717, 1.165) is 0 Å². The van der Waals surface area contributed by atoms with Crippen LogP contribution < -0.4 is 10.6 Å². The molecule has 10 nitrogen and oxygen atoms in total. The van der Waals surface area contributed by atoms with E-state index in [-0.39, 0.29) is 48.5 Å². The molecule has 0 radical (unpaired) electrons. The van der Waals surface area contributed by atoms with Crippen LogP contribution in [0, 0.1) is 17.8 Å². The Balaban J connectivity index is 1.41. The van der Waals surface area contributed by atoms with E-state index in [1.165, 1.54) is 33.9 Å². The van der Waals surface area contributed by atoms with Gasteiger partial charge in [-0.05, 0) is 31.2 Å². The van der Waals surface area contributed by atoms with Crippen LogP contribution in [0.1, 0.15) is 60.0 Å². The van der Waals surface area contributed by atoms with Crippen molar-refractivity contribution in [1.82, 2.24) is 40.0 Å². The number of imidazole rings is 1. The highest BCUT2D eigenvalue weighted by molar-refractivity contribution is 5.92. The molecule has 2 fully saturated rings. The molecule has 5 rings (SSSR count). The molecule has 2 amide bonds. The lowest BCUT2D eigenvalue weighted by Crippen LogP contribution is -2.47. The van der Waals surface area contributed by atoms with Crippen LogP contribution in [-0.2, 0) is 18.3 Å². The van der Waals surface area contributed by atoms with Crippen molar-refractivity contribution < 1.29 is 31.5 Å². The van der Waals surface area contributed by atoms with Crippen LogP contribution in [-0.4, -0.2) is 59.8 Å². The van der Waals surface area contributed by atoms with Crippen molar-refractivity contribution in [2.75, 3.05) is 6.54 Å². The summed E-state index contributed by atoms with van der Waals surface area (Å²) in [5, 5.41) is 13.5. The molecular weight excluding hydrogens is 527 g/mol. The number of amides is 2. The Labute approximate surface area is 219 Å². The number of rotatable bonds is 6. The number of halogens is 5. The molecule has 0 unspecified atom stereocenters. The quantitative estimate of drug-likeness (QED) is 0.453. The largest absolute Gasteiger partial charge is 0.393 e. The minimum absolute atomic E-state index is 0.0651. The fraction of sp³-hybridized carbons (Fsp3) is 0.583. The molecule has 0 spiro atoms. The van der Waals surface area contributed by atoms with E-state index in [4.69, 9.17) is 0 Å². The number of aromatic nitrogens is 6. The average Bonchev–Trinajstić information content (AvgIpc) is 3.48. The van der Waals surface area contributed by atoms with Crippen molar-refractivity contribution in [3.05, 3.63) is 41.7 Å². The average molecular weight is 555 g/mol. The summed E-state index contributed by atoms with van der Waals surface area (Å²) in [5.74, 6) is -6.94. The number of hydrogen-bond acceptors (Lipinski definition) is 6. The van der Waals surface area contributed by atoms with Crippen LogP contribution in [0.4, 0.5) is 22.0 Å². The predicted molar refractivity (Wildman–Crippen MR) is 125 cm³/mol. The van der Waals surface area contributed by atoms with Gasteiger partial charge < -0.3 is 10.6 Å². The molecule has 1 saturated heterocycles. The maximum atomic E-state index is 14.3. The summed E-state index contributed by atoms with van der Waals surface area (Å²) in [6.45, 7) is -0.458. The van der Waals surface area contributed by atoms with E-state index in [1.807, 2.05) is 0 Å². The standard InChI is InChI=1S/C24H27F5N8O2/c1-36-18(4-6-32-36)21(39)34-19(13-3-2-5-23(25,26)9-13)17-12-37-22(33-17)31-11-16(35-37)8-14-7-15(24(27,28)29)10-30-20(14)38/h4,6,11-15,19H,2-3,5,7-10H2,1H3,(H,30,38)(H,34,39)/t13-,14-,15-,19+/m1/s1. The van der Waals surface area contributed by atoms with Crippen molar-refractivity contribution in [2.45, 2.75) is 56.7 Å². The monoisotopic (exact) mass is 554 g/mol. The molecule has 2 N–H and O–H groups in total. The third kappa shape index (κ3) is 5.86. The lowest BCUT2D eigenvalue weighted by Gasteiger charge is -2.34. The fourth-order valence-electron chi connectivity index (χ4n) is 5.40. The zero-order valence-electron chi connectivity index (χ0n) is 21.0. The Morgan fingerprint density at radius 3 is 2.82 bits per heavy atom. The second-order valence-electron chi connectivity index (χ2n) is 10.3. The van der Waals surface area contributed by atoms with Gasteiger partial charge >= 0.3 is 6.18 Å². The van der Waals surface area contributed by atoms with Crippen LogP contribution in [0.5, 0.6) is 0 Å². The zero-order chi connectivity index (χ0) is 27.9. The maximum Gasteiger partial charge on any atom is 0.393 e. The van der Waals surface area contributed by atoms with E-state index in [1.54, 1.807) is 7.05 Å². The number of nitrogens with one attached hydrogen (secondary N) is 2. The smallest absolute Gasteiger partial charge is 0.355 e. The van der Waals surface area contributed by atoms with E-state index in [9.17, 15) is 31.5 Å². The third-order valence-electron chi connectivity index (χ3n) is 7.44. The highest BCUT2D eigenvalue weighted by Gasteiger charge is 2.45. The predicted octanol–water partition coefficient (Wildman–Crippen LogP) is 3.01. The van der Waals surface area contributed by atoms with Gasteiger partial charge in [-0.2, -0.15) is 23.4 Å². The SMILES string of the molecule is Cn1nccc1C(=O)N[C@H](c1cn2nc(C[C@H]3C[C@@H](C(F)(F)F)CNC3=O)cnc2n1)[C@@H]1CCCC(F)(F)C1. The summed E-state index contributed by atoms with van der Waals surface area (Å²) >= 11 is 0. The van der Waals surface area contributed by atoms with Crippen molar-refractivity contribution in [1.29, 1.82) is 0 Å². The Kier molecular flexibility index (Phi) is 7.01. The van der Waals surface area contributed by atoms with Gasteiger partial charge in [-0.25, -0.2) is 23.3 Å². The Hall–Kier alpha value is -3.65. The van der Waals surface area contributed by atoms with Gasteiger partial charge in [-0.1, -0.05) is 0 Å². The lowest BCUT2D eigenvalue weighted by molar-refractivity contribution is -0.183. The maximum absolute atomic E-state index is 14.3. The Morgan fingerprint density at radius 1 is 1.33 bits per heavy atom. The summed E-state index contributed by atoms with van der Waals surface area (Å²) in [7, 11) is 1.59. The number of fused-ring (bicyclic) bond motifs is 1. The summed E-state index contributed by atoms with van der Waals surface area (Å²) < 4.78 is 70.9. The van der Waals surface area contributed by atoms with Crippen LogP contribution in [0.25, 0.3) is 5.78 Å². The van der Waals surface area contributed by atoms with Crippen molar-refractivity contribution in [3.63, 3.8) is 0 Å². The van der Waals surface area contributed by atoms with Gasteiger partial charge in [0, 0.05) is 45.0 Å². The van der Waals surface area contributed by atoms with Gasteiger partial charge in [-0.15, -0.1) is 0 Å². The topological polar surface area (TPSA) is 119 Å². The first-order valence-corrected chi connectivity index (χ1v) is 12.6. The lowest BCUT2D eigenvalue weighted by atomic mass is 9.80. The molecule has 1 aliphatic heterocycles.